The van der Waals surface area contributed by atoms with Crippen molar-refractivity contribution in [1.29, 1.82) is 0 Å². The van der Waals surface area contributed by atoms with E-state index in [0.717, 1.165) is 17.5 Å². The normalized spacial score (nSPS) is 10.7. The van der Waals surface area contributed by atoms with Gasteiger partial charge in [0.25, 0.3) is 0 Å². The molecule has 208 valence electrons. The lowest BCUT2D eigenvalue weighted by molar-refractivity contribution is -0.123. The summed E-state index contributed by atoms with van der Waals surface area (Å²) in [4.78, 5) is 26.0. The Morgan fingerprint density at radius 3 is 1.64 bits per heavy atom. The van der Waals surface area contributed by atoms with Crippen molar-refractivity contribution in [3.05, 3.63) is 83.4 Å². The van der Waals surface area contributed by atoms with E-state index in [4.69, 9.17) is 18.9 Å². The maximum Gasteiger partial charge on any atom is 0.226 e. The van der Waals surface area contributed by atoms with Crippen molar-refractivity contribution in [2.75, 3.05) is 27.9 Å². The van der Waals surface area contributed by atoms with Crippen LogP contribution in [0.3, 0.4) is 0 Å². The molecule has 0 saturated heterocycles. The monoisotopic (exact) mass is 534 g/mol. The number of rotatable bonds is 14. The molecule has 0 heterocycles. The highest BCUT2D eigenvalue weighted by molar-refractivity contribution is 5.82. The molecular formula is C31H38N2O6. The van der Waals surface area contributed by atoms with Gasteiger partial charge in [0.05, 0.1) is 40.8 Å². The quantitative estimate of drug-likeness (QED) is 0.287. The first-order valence-corrected chi connectivity index (χ1v) is 13.0. The molecule has 39 heavy (non-hydrogen) atoms. The van der Waals surface area contributed by atoms with Gasteiger partial charge in [0.15, 0.2) is 11.5 Å². The Kier molecular flexibility index (Phi) is 11.0. The minimum atomic E-state index is -0.778. The molecule has 8 heteroatoms. The molecule has 2 N–H and O–H groups in total. The summed E-state index contributed by atoms with van der Waals surface area (Å²) in [6.45, 7) is 4.84. The highest BCUT2D eigenvalue weighted by Gasteiger charge is 2.20. The van der Waals surface area contributed by atoms with Gasteiger partial charge in [-0.1, -0.05) is 44.2 Å². The average Bonchev–Trinajstić information content (AvgIpc) is 2.93. The molecule has 0 radical (unpaired) electrons. The fraction of sp³-hybridized carbons (Fsp3) is 0.355. The Morgan fingerprint density at radius 1 is 0.692 bits per heavy atom. The molecular weight excluding hydrogens is 496 g/mol. The summed E-state index contributed by atoms with van der Waals surface area (Å²) < 4.78 is 21.9. The predicted octanol–water partition coefficient (Wildman–Crippen LogP) is 4.85. The van der Waals surface area contributed by atoms with E-state index >= 15 is 0 Å². The Morgan fingerprint density at radius 2 is 1.21 bits per heavy atom. The summed E-state index contributed by atoms with van der Waals surface area (Å²) in [7, 11) is 4.75. The highest BCUT2D eigenvalue weighted by Crippen LogP contribution is 2.30. The fourth-order valence-corrected chi connectivity index (χ4v) is 3.87. The molecule has 0 aliphatic carbocycles. The van der Waals surface area contributed by atoms with Gasteiger partial charge in [0, 0.05) is 0 Å². The molecule has 0 aromatic heterocycles. The number of benzene rings is 3. The number of ether oxygens (including phenoxy) is 4. The summed E-state index contributed by atoms with van der Waals surface area (Å²) in [5.74, 6) is 2.58. The molecule has 3 aromatic carbocycles. The smallest absolute Gasteiger partial charge is 0.226 e. The van der Waals surface area contributed by atoms with E-state index in [-0.39, 0.29) is 24.7 Å². The van der Waals surface area contributed by atoms with Crippen LogP contribution in [0.5, 0.6) is 23.0 Å². The van der Waals surface area contributed by atoms with Crippen LogP contribution in [0.1, 0.15) is 43.1 Å². The maximum atomic E-state index is 13.0. The third kappa shape index (κ3) is 9.25. The molecule has 2 amide bonds. The zero-order chi connectivity index (χ0) is 28.2. The second kappa shape index (κ2) is 14.7. The molecule has 0 aliphatic rings. The zero-order valence-electron chi connectivity index (χ0n) is 23.3. The Balaban J connectivity index is 1.78. The molecule has 3 rings (SSSR count). The van der Waals surface area contributed by atoms with Gasteiger partial charge in [-0.15, -0.1) is 0 Å². The standard InChI is InChI=1S/C31H38N2O6/c1-21(2)16-17-39-27-15-10-24(20-28(27)38-5)31(32-29(34)18-22-6-11-25(36-3)12-7-22)33-30(35)19-23-8-13-26(37-4)14-9-23/h6-15,20-21,31H,16-19H2,1-5H3,(H,32,34)(H,33,35). The minimum Gasteiger partial charge on any atom is -0.497 e. The predicted molar refractivity (Wildman–Crippen MR) is 150 cm³/mol. The first-order chi connectivity index (χ1) is 18.8. The van der Waals surface area contributed by atoms with E-state index in [1.807, 2.05) is 30.3 Å². The van der Waals surface area contributed by atoms with Gasteiger partial charge in [-0.05, 0) is 65.4 Å². The summed E-state index contributed by atoms with van der Waals surface area (Å²) >= 11 is 0. The van der Waals surface area contributed by atoms with Crippen molar-refractivity contribution in [3.8, 4) is 23.0 Å². The zero-order valence-corrected chi connectivity index (χ0v) is 23.3. The number of hydrogen-bond acceptors (Lipinski definition) is 6. The number of hydrogen-bond donors (Lipinski definition) is 2. The SMILES string of the molecule is COc1ccc(CC(=O)NC(NC(=O)Cc2ccc(OC)cc2)c2ccc(OCCC(C)C)c(OC)c2)cc1. The van der Waals surface area contributed by atoms with Crippen LogP contribution >= 0.6 is 0 Å². The van der Waals surface area contributed by atoms with Gasteiger partial charge in [0.1, 0.15) is 17.7 Å². The molecule has 0 unspecified atom stereocenters. The van der Waals surface area contributed by atoms with E-state index in [1.54, 1.807) is 57.7 Å². The van der Waals surface area contributed by atoms with Crippen molar-refractivity contribution >= 4 is 11.8 Å². The first kappa shape index (κ1) is 29.4. The number of methoxy groups -OCH3 is 3. The third-order valence-electron chi connectivity index (χ3n) is 6.13. The van der Waals surface area contributed by atoms with Crippen LogP contribution in [-0.4, -0.2) is 39.8 Å². The van der Waals surface area contributed by atoms with Crippen LogP contribution in [0.25, 0.3) is 0 Å². The molecule has 0 bridgehead atoms. The van der Waals surface area contributed by atoms with Gasteiger partial charge < -0.3 is 29.6 Å². The minimum absolute atomic E-state index is 0.141. The lowest BCUT2D eigenvalue weighted by Gasteiger charge is -2.22. The fourth-order valence-electron chi connectivity index (χ4n) is 3.87. The van der Waals surface area contributed by atoms with Gasteiger partial charge in [-0.25, -0.2) is 0 Å². The lowest BCUT2D eigenvalue weighted by atomic mass is 10.1. The van der Waals surface area contributed by atoms with Crippen molar-refractivity contribution < 1.29 is 28.5 Å². The molecule has 3 aromatic rings. The van der Waals surface area contributed by atoms with E-state index < -0.39 is 6.17 Å². The van der Waals surface area contributed by atoms with Gasteiger partial charge in [-0.3, -0.25) is 9.59 Å². The van der Waals surface area contributed by atoms with Crippen molar-refractivity contribution in [2.24, 2.45) is 5.92 Å². The van der Waals surface area contributed by atoms with E-state index in [1.165, 1.54) is 0 Å². The average molecular weight is 535 g/mol. The van der Waals surface area contributed by atoms with E-state index in [9.17, 15) is 9.59 Å². The topological polar surface area (TPSA) is 95.1 Å². The van der Waals surface area contributed by atoms with E-state index in [0.29, 0.717) is 41.1 Å². The van der Waals surface area contributed by atoms with Crippen molar-refractivity contribution in [1.82, 2.24) is 10.6 Å². The Labute approximate surface area is 230 Å². The molecule has 8 nitrogen and oxygen atoms in total. The molecule has 0 atom stereocenters. The maximum absolute atomic E-state index is 13.0. The third-order valence-corrected chi connectivity index (χ3v) is 6.13. The van der Waals surface area contributed by atoms with Gasteiger partial charge in [0.2, 0.25) is 11.8 Å². The van der Waals surface area contributed by atoms with Crippen LogP contribution in [0, 0.1) is 5.92 Å². The van der Waals surface area contributed by atoms with Gasteiger partial charge in [-0.2, -0.15) is 0 Å². The number of carbonyl (C=O) groups excluding carboxylic acids is 2. The Bertz CT molecular complexity index is 1150. The second-order valence-corrected chi connectivity index (χ2v) is 9.56. The largest absolute Gasteiger partial charge is 0.497 e. The summed E-state index contributed by atoms with van der Waals surface area (Å²) in [6, 6.07) is 20.0. The number of amides is 2. The summed E-state index contributed by atoms with van der Waals surface area (Å²) in [5.41, 5.74) is 2.31. The van der Waals surface area contributed by atoms with Gasteiger partial charge >= 0.3 is 0 Å². The summed E-state index contributed by atoms with van der Waals surface area (Å²) in [6.07, 6.45) is 0.418. The van der Waals surface area contributed by atoms with Crippen LogP contribution < -0.4 is 29.6 Å². The lowest BCUT2D eigenvalue weighted by Crippen LogP contribution is -2.42. The molecule has 0 fully saturated rings. The van der Waals surface area contributed by atoms with Crippen LogP contribution in [-0.2, 0) is 22.4 Å². The van der Waals surface area contributed by atoms with Crippen molar-refractivity contribution in [2.45, 2.75) is 39.3 Å². The molecule has 0 spiro atoms. The highest BCUT2D eigenvalue weighted by atomic mass is 16.5. The summed E-state index contributed by atoms with van der Waals surface area (Å²) in [5, 5.41) is 5.91. The van der Waals surface area contributed by atoms with Crippen LogP contribution in [0.15, 0.2) is 66.7 Å². The second-order valence-electron chi connectivity index (χ2n) is 9.56. The molecule has 0 saturated carbocycles. The van der Waals surface area contributed by atoms with Crippen LogP contribution in [0.4, 0.5) is 0 Å². The van der Waals surface area contributed by atoms with Crippen LogP contribution in [0.2, 0.25) is 0 Å². The number of nitrogens with one attached hydrogen (secondary N) is 2. The molecule has 0 aliphatic heterocycles. The Hall–Kier alpha value is -4.20. The van der Waals surface area contributed by atoms with E-state index in [2.05, 4.69) is 24.5 Å². The van der Waals surface area contributed by atoms with Crippen molar-refractivity contribution in [3.63, 3.8) is 0 Å². The number of carbonyl (C=O) groups is 2. The first-order valence-electron chi connectivity index (χ1n) is 13.0.